The van der Waals surface area contributed by atoms with Crippen molar-refractivity contribution in [1.29, 1.82) is 0 Å². The standard InChI is InChI=1S/2C19H21FN4O2/c2*1-13-2-7-18(22-21-13)23-8-10-24(11-9-23)19(25)26-17-6-5-15(12-16(17)20)14-3-4-14/h2*2,5-7,12,14H,3-4,8-11H2,1H3. The molecule has 8 rings (SSSR count). The molecule has 2 aromatic heterocycles. The van der Waals surface area contributed by atoms with Crippen molar-refractivity contribution >= 4 is 23.8 Å². The summed E-state index contributed by atoms with van der Waals surface area (Å²) in [6.07, 6.45) is 3.39. The number of ether oxygens (including phenoxy) is 2. The fourth-order valence-corrected chi connectivity index (χ4v) is 6.22. The summed E-state index contributed by atoms with van der Waals surface area (Å²) < 4.78 is 38.8. The predicted molar refractivity (Wildman–Crippen MR) is 190 cm³/mol. The Bertz CT molecular complexity index is 1740. The van der Waals surface area contributed by atoms with E-state index in [0.717, 1.165) is 59.8 Å². The highest BCUT2D eigenvalue weighted by molar-refractivity contribution is 5.72. The molecule has 4 heterocycles. The van der Waals surface area contributed by atoms with Crippen molar-refractivity contribution < 1.29 is 27.8 Å². The maximum Gasteiger partial charge on any atom is 0.415 e. The number of rotatable bonds is 6. The number of piperazine rings is 2. The molecule has 0 atom stereocenters. The molecule has 0 radical (unpaired) electrons. The maximum atomic E-state index is 14.2. The van der Waals surface area contributed by atoms with Crippen LogP contribution in [-0.2, 0) is 0 Å². The van der Waals surface area contributed by atoms with Gasteiger partial charge in [0.1, 0.15) is 0 Å². The second-order valence-electron chi connectivity index (χ2n) is 13.7. The molecule has 12 nitrogen and oxygen atoms in total. The van der Waals surface area contributed by atoms with Crippen molar-refractivity contribution in [3.8, 4) is 11.5 Å². The van der Waals surface area contributed by atoms with Gasteiger partial charge < -0.3 is 29.1 Å². The maximum absolute atomic E-state index is 14.2. The van der Waals surface area contributed by atoms with Gasteiger partial charge in [0.05, 0.1) is 11.4 Å². The molecule has 2 aromatic carbocycles. The Morgan fingerprint density at radius 1 is 0.558 bits per heavy atom. The monoisotopic (exact) mass is 712 g/mol. The molecular weight excluding hydrogens is 670 g/mol. The Labute approximate surface area is 301 Å². The largest absolute Gasteiger partial charge is 0.415 e. The molecule has 0 N–H and O–H groups in total. The Hall–Kier alpha value is -5.40. The first-order chi connectivity index (χ1) is 25.2. The third-order valence-electron chi connectivity index (χ3n) is 9.70. The van der Waals surface area contributed by atoms with Crippen molar-refractivity contribution in [3.05, 3.63) is 94.8 Å². The van der Waals surface area contributed by atoms with Crippen LogP contribution in [0.1, 0.15) is 60.0 Å². The second kappa shape index (κ2) is 15.5. The van der Waals surface area contributed by atoms with Gasteiger partial charge in [-0.25, -0.2) is 18.4 Å². The number of aromatic nitrogens is 4. The van der Waals surface area contributed by atoms with Crippen LogP contribution >= 0.6 is 0 Å². The lowest BCUT2D eigenvalue weighted by molar-refractivity contribution is 0.146. The minimum Gasteiger partial charge on any atom is -0.407 e. The van der Waals surface area contributed by atoms with Gasteiger partial charge in [0.2, 0.25) is 0 Å². The summed E-state index contributed by atoms with van der Waals surface area (Å²) in [5.74, 6) is 1.56. The second-order valence-corrected chi connectivity index (χ2v) is 13.7. The van der Waals surface area contributed by atoms with E-state index in [4.69, 9.17) is 9.47 Å². The predicted octanol–water partition coefficient (Wildman–Crippen LogP) is 6.25. The van der Waals surface area contributed by atoms with Gasteiger partial charge in [-0.3, -0.25) is 0 Å². The lowest BCUT2D eigenvalue weighted by Crippen LogP contribution is -2.50. The molecule has 52 heavy (non-hydrogen) atoms. The Morgan fingerprint density at radius 2 is 0.942 bits per heavy atom. The molecule has 14 heteroatoms. The lowest BCUT2D eigenvalue weighted by Gasteiger charge is -2.34. The van der Waals surface area contributed by atoms with Gasteiger partial charge in [-0.05, 0) is 111 Å². The molecule has 2 saturated heterocycles. The number of hydrogen-bond donors (Lipinski definition) is 0. The number of benzene rings is 2. The molecule has 2 aliphatic carbocycles. The van der Waals surface area contributed by atoms with Crippen molar-refractivity contribution in [2.45, 2.75) is 51.4 Å². The van der Waals surface area contributed by atoms with E-state index in [2.05, 4.69) is 30.2 Å². The molecule has 0 bridgehead atoms. The third-order valence-corrected chi connectivity index (χ3v) is 9.70. The number of anilines is 2. The minimum atomic E-state index is -0.516. The number of carbonyl (C=O) groups is 2. The summed E-state index contributed by atoms with van der Waals surface area (Å²) in [5, 5.41) is 16.5. The average molecular weight is 713 g/mol. The van der Waals surface area contributed by atoms with E-state index >= 15 is 0 Å². The molecule has 272 valence electrons. The summed E-state index contributed by atoms with van der Waals surface area (Å²) in [6, 6.07) is 17.4. The number of hydrogen-bond acceptors (Lipinski definition) is 10. The van der Waals surface area contributed by atoms with Gasteiger partial charge in [-0.2, -0.15) is 10.2 Å². The van der Waals surface area contributed by atoms with Crippen LogP contribution in [0.25, 0.3) is 0 Å². The van der Waals surface area contributed by atoms with E-state index < -0.39 is 23.8 Å². The zero-order valence-electron chi connectivity index (χ0n) is 29.4. The number of carbonyl (C=O) groups excluding carboxylic acids is 2. The zero-order chi connectivity index (χ0) is 36.2. The van der Waals surface area contributed by atoms with Crippen molar-refractivity contribution in [1.82, 2.24) is 30.2 Å². The van der Waals surface area contributed by atoms with Crippen LogP contribution in [0.4, 0.5) is 30.0 Å². The summed E-state index contributed by atoms with van der Waals surface area (Å²) in [5.41, 5.74) is 3.70. The highest BCUT2D eigenvalue weighted by Gasteiger charge is 2.28. The molecule has 4 aromatic rings. The molecule has 4 fully saturated rings. The Balaban J connectivity index is 0.000000162. The van der Waals surface area contributed by atoms with Crippen LogP contribution < -0.4 is 19.3 Å². The highest BCUT2D eigenvalue weighted by atomic mass is 19.1. The number of halogens is 2. The van der Waals surface area contributed by atoms with Crippen LogP contribution in [-0.4, -0.2) is 94.7 Å². The lowest BCUT2D eigenvalue weighted by atomic mass is 10.1. The number of aryl methyl sites for hydroxylation is 2. The Morgan fingerprint density at radius 3 is 1.25 bits per heavy atom. The average Bonchev–Trinajstić information content (AvgIpc) is 4.09. The SMILES string of the molecule is Cc1ccc(N2CCN(C(=O)Oc3ccc(C4CC4)cc3F)CC2)nn1.Cc1ccc(N2CCN(C(=O)Oc3ccc(C4CC4)cc3F)CC2)nn1. The summed E-state index contributed by atoms with van der Waals surface area (Å²) in [7, 11) is 0. The minimum absolute atomic E-state index is 0.00812. The molecule has 0 spiro atoms. The van der Waals surface area contributed by atoms with Gasteiger partial charge in [0.15, 0.2) is 34.8 Å². The topological polar surface area (TPSA) is 117 Å². The van der Waals surface area contributed by atoms with Gasteiger partial charge in [0, 0.05) is 52.4 Å². The first-order valence-corrected chi connectivity index (χ1v) is 17.8. The molecular formula is C38H42F2N8O4. The summed E-state index contributed by atoms with van der Waals surface area (Å²) >= 11 is 0. The zero-order valence-corrected chi connectivity index (χ0v) is 29.4. The molecule has 2 amide bonds. The van der Waals surface area contributed by atoms with Gasteiger partial charge in [-0.15, -0.1) is 10.2 Å². The number of amides is 2. The third kappa shape index (κ3) is 8.72. The summed E-state index contributed by atoms with van der Waals surface area (Å²) in [4.78, 5) is 32.0. The van der Waals surface area contributed by atoms with E-state index in [1.807, 2.05) is 50.2 Å². The fourth-order valence-electron chi connectivity index (χ4n) is 6.22. The Kier molecular flexibility index (Phi) is 10.4. The van der Waals surface area contributed by atoms with Gasteiger partial charge in [0.25, 0.3) is 0 Å². The quantitative estimate of drug-likeness (QED) is 0.227. The van der Waals surface area contributed by atoms with E-state index in [-0.39, 0.29) is 11.5 Å². The van der Waals surface area contributed by atoms with Gasteiger partial charge in [-0.1, -0.05) is 12.1 Å². The smallest absolute Gasteiger partial charge is 0.407 e. The van der Waals surface area contributed by atoms with E-state index in [9.17, 15) is 18.4 Å². The van der Waals surface area contributed by atoms with Crippen LogP contribution in [0.3, 0.4) is 0 Å². The van der Waals surface area contributed by atoms with Gasteiger partial charge >= 0.3 is 12.2 Å². The summed E-state index contributed by atoms with van der Waals surface area (Å²) in [6.45, 7) is 8.30. The van der Waals surface area contributed by atoms with Crippen LogP contribution in [0.15, 0.2) is 60.7 Å². The molecule has 0 unspecified atom stereocenters. The van der Waals surface area contributed by atoms with E-state index in [1.54, 1.807) is 21.9 Å². The van der Waals surface area contributed by atoms with Crippen LogP contribution in [0, 0.1) is 25.5 Å². The first-order valence-electron chi connectivity index (χ1n) is 17.8. The van der Waals surface area contributed by atoms with Crippen LogP contribution in [0.2, 0.25) is 0 Å². The molecule has 2 aliphatic heterocycles. The van der Waals surface area contributed by atoms with Crippen molar-refractivity contribution in [3.63, 3.8) is 0 Å². The first kappa shape index (κ1) is 35.0. The highest BCUT2D eigenvalue weighted by Crippen LogP contribution is 2.42. The normalized spacial score (nSPS) is 17.3. The van der Waals surface area contributed by atoms with E-state index in [0.29, 0.717) is 64.2 Å². The van der Waals surface area contributed by atoms with Crippen molar-refractivity contribution in [2.24, 2.45) is 0 Å². The molecule has 4 aliphatic rings. The van der Waals surface area contributed by atoms with E-state index in [1.165, 1.54) is 12.1 Å². The van der Waals surface area contributed by atoms with Crippen LogP contribution in [0.5, 0.6) is 11.5 Å². The van der Waals surface area contributed by atoms with Crippen molar-refractivity contribution in [2.75, 3.05) is 62.2 Å². The fraction of sp³-hybridized carbons (Fsp3) is 0.421. The number of nitrogens with zero attached hydrogens (tertiary/aromatic N) is 8. The molecule has 2 saturated carbocycles.